The number of carbonyl (C=O) groups is 1. The van der Waals surface area contributed by atoms with E-state index in [1.54, 1.807) is 5.06 Å². The molecule has 0 aromatic rings. The van der Waals surface area contributed by atoms with E-state index in [0.29, 0.717) is 6.54 Å². The highest BCUT2D eigenvalue weighted by Crippen LogP contribution is 2.03. The van der Waals surface area contributed by atoms with Crippen LogP contribution in [0.15, 0.2) is 0 Å². The molecule has 0 aliphatic carbocycles. The van der Waals surface area contributed by atoms with E-state index in [0.717, 1.165) is 32.3 Å². The van der Waals surface area contributed by atoms with Gasteiger partial charge in [0.15, 0.2) is 0 Å². The van der Waals surface area contributed by atoms with E-state index >= 15 is 0 Å². The Hall–Kier alpha value is -0.410. The molecule has 1 saturated heterocycles. The number of hydrogen-bond acceptors (Lipinski definition) is 3. The van der Waals surface area contributed by atoms with Gasteiger partial charge in [0.25, 0.3) is 0 Å². The fraction of sp³-hybridized carbons (Fsp3) is 0.833. The highest BCUT2D eigenvalue weighted by Gasteiger charge is 2.08. The molecule has 0 radical (unpaired) electrons. The zero-order chi connectivity index (χ0) is 6.53. The van der Waals surface area contributed by atoms with Crippen molar-refractivity contribution in [1.82, 2.24) is 5.06 Å². The highest BCUT2D eigenvalue weighted by molar-refractivity contribution is 5.51. The molecular weight excluding hydrogens is 118 g/mol. The smallest absolute Gasteiger partial charge is 0.136 e. The molecule has 0 unspecified atom stereocenters. The Morgan fingerprint density at radius 1 is 1.56 bits per heavy atom. The molecule has 3 heteroatoms. The Kier molecular flexibility index (Phi) is 2.67. The van der Waals surface area contributed by atoms with Crippen LogP contribution in [0, 0.1) is 0 Å². The second kappa shape index (κ2) is 3.58. The summed E-state index contributed by atoms with van der Waals surface area (Å²) < 4.78 is 0. The molecule has 1 rings (SSSR count). The standard InChI is InChI=1S/C6H11NO2/c8-5-4-7-3-1-2-6-9-7/h5H,1-4,6H2. The highest BCUT2D eigenvalue weighted by atomic mass is 16.7. The molecule has 0 aromatic carbocycles. The van der Waals surface area contributed by atoms with Gasteiger partial charge in [-0.15, -0.1) is 0 Å². The van der Waals surface area contributed by atoms with Gasteiger partial charge in [-0.1, -0.05) is 0 Å². The first-order chi connectivity index (χ1) is 4.43. The number of hydroxylamine groups is 2. The second-order valence-electron chi connectivity index (χ2n) is 2.09. The van der Waals surface area contributed by atoms with Crippen LogP contribution >= 0.6 is 0 Å². The van der Waals surface area contributed by atoms with Gasteiger partial charge in [-0.05, 0) is 12.8 Å². The zero-order valence-corrected chi connectivity index (χ0v) is 5.38. The maximum Gasteiger partial charge on any atom is 0.136 e. The molecule has 0 saturated carbocycles. The summed E-state index contributed by atoms with van der Waals surface area (Å²) in [5, 5.41) is 1.70. The average Bonchev–Trinajstić information content (AvgIpc) is 1.91. The minimum Gasteiger partial charge on any atom is -0.302 e. The van der Waals surface area contributed by atoms with Gasteiger partial charge in [0.05, 0.1) is 13.2 Å². The van der Waals surface area contributed by atoms with Crippen molar-refractivity contribution < 1.29 is 9.63 Å². The molecule has 0 aromatic heterocycles. The molecule has 9 heavy (non-hydrogen) atoms. The van der Waals surface area contributed by atoms with Crippen LogP contribution in [0.1, 0.15) is 12.8 Å². The largest absolute Gasteiger partial charge is 0.302 e. The number of carbonyl (C=O) groups excluding carboxylic acids is 1. The average molecular weight is 129 g/mol. The van der Waals surface area contributed by atoms with Crippen molar-refractivity contribution in [2.24, 2.45) is 0 Å². The lowest BCUT2D eigenvalue weighted by Gasteiger charge is -2.23. The van der Waals surface area contributed by atoms with Crippen molar-refractivity contribution in [3.8, 4) is 0 Å². The van der Waals surface area contributed by atoms with Crippen LogP contribution in [-0.4, -0.2) is 31.0 Å². The summed E-state index contributed by atoms with van der Waals surface area (Å²) in [6, 6.07) is 0. The minimum atomic E-state index is 0.417. The Labute approximate surface area is 54.5 Å². The summed E-state index contributed by atoms with van der Waals surface area (Å²) in [7, 11) is 0. The summed E-state index contributed by atoms with van der Waals surface area (Å²) in [4.78, 5) is 15.1. The maximum atomic E-state index is 9.95. The van der Waals surface area contributed by atoms with Gasteiger partial charge in [-0.3, -0.25) is 4.84 Å². The number of rotatable bonds is 2. The van der Waals surface area contributed by atoms with Crippen LogP contribution in [0.5, 0.6) is 0 Å². The lowest BCUT2D eigenvalue weighted by molar-refractivity contribution is -0.179. The Balaban J connectivity index is 2.15. The summed E-state index contributed by atoms with van der Waals surface area (Å²) >= 11 is 0. The molecule has 0 N–H and O–H groups in total. The Morgan fingerprint density at radius 2 is 2.44 bits per heavy atom. The quantitative estimate of drug-likeness (QED) is 0.499. The fourth-order valence-corrected chi connectivity index (χ4v) is 0.876. The van der Waals surface area contributed by atoms with Crippen LogP contribution in [0.4, 0.5) is 0 Å². The van der Waals surface area contributed by atoms with E-state index in [-0.39, 0.29) is 0 Å². The zero-order valence-electron chi connectivity index (χ0n) is 5.38. The molecule has 0 atom stereocenters. The summed E-state index contributed by atoms with van der Waals surface area (Å²) in [5.74, 6) is 0. The normalized spacial score (nSPS) is 21.8. The van der Waals surface area contributed by atoms with Crippen LogP contribution in [-0.2, 0) is 9.63 Å². The lowest BCUT2D eigenvalue weighted by Crippen LogP contribution is -2.31. The minimum absolute atomic E-state index is 0.417. The lowest BCUT2D eigenvalue weighted by atomic mass is 10.3. The fourth-order valence-electron chi connectivity index (χ4n) is 0.876. The molecule has 1 heterocycles. The van der Waals surface area contributed by atoms with E-state index in [1.807, 2.05) is 0 Å². The summed E-state index contributed by atoms with van der Waals surface area (Å²) in [6.45, 7) is 2.09. The van der Waals surface area contributed by atoms with Gasteiger partial charge in [0, 0.05) is 6.54 Å². The van der Waals surface area contributed by atoms with Gasteiger partial charge in [0.1, 0.15) is 6.29 Å². The van der Waals surface area contributed by atoms with Crippen LogP contribution < -0.4 is 0 Å². The summed E-state index contributed by atoms with van der Waals surface area (Å²) in [5.41, 5.74) is 0. The third-order valence-electron chi connectivity index (χ3n) is 1.35. The number of nitrogens with zero attached hydrogens (tertiary/aromatic N) is 1. The van der Waals surface area contributed by atoms with Crippen molar-refractivity contribution in [2.75, 3.05) is 19.7 Å². The van der Waals surface area contributed by atoms with E-state index in [4.69, 9.17) is 4.84 Å². The van der Waals surface area contributed by atoms with E-state index in [9.17, 15) is 4.79 Å². The Bertz CT molecular complexity index is 89.1. The van der Waals surface area contributed by atoms with Crippen molar-refractivity contribution in [3.63, 3.8) is 0 Å². The van der Waals surface area contributed by atoms with Crippen molar-refractivity contribution in [1.29, 1.82) is 0 Å². The first kappa shape index (κ1) is 6.71. The Morgan fingerprint density at radius 3 is 3.00 bits per heavy atom. The van der Waals surface area contributed by atoms with Crippen LogP contribution in [0.25, 0.3) is 0 Å². The molecular formula is C6H11NO2. The molecule has 0 spiro atoms. The monoisotopic (exact) mass is 129 g/mol. The van der Waals surface area contributed by atoms with Crippen molar-refractivity contribution >= 4 is 6.29 Å². The maximum absolute atomic E-state index is 9.95. The van der Waals surface area contributed by atoms with Gasteiger partial charge in [-0.2, -0.15) is 5.06 Å². The molecule has 0 amide bonds. The van der Waals surface area contributed by atoms with Crippen molar-refractivity contribution in [3.05, 3.63) is 0 Å². The molecule has 1 aliphatic heterocycles. The van der Waals surface area contributed by atoms with Crippen LogP contribution in [0.2, 0.25) is 0 Å². The van der Waals surface area contributed by atoms with Gasteiger partial charge >= 0.3 is 0 Å². The van der Waals surface area contributed by atoms with E-state index < -0.39 is 0 Å². The number of hydrogen-bond donors (Lipinski definition) is 0. The van der Waals surface area contributed by atoms with Gasteiger partial charge in [-0.25, -0.2) is 0 Å². The van der Waals surface area contributed by atoms with Gasteiger partial charge < -0.3 is 4.79 Å². The third kappa shape index (κ3) is 2.11. The SMILES string of the molecule is O=CCN1CCCCO1. The summed E-state index contributed by atoms with van der Waals surface area (Å²) in [6.07, 6.45) is 3.13. The van der Waals surface area contributed by atoms with E-state index in [1.165, 1.54) is 0 Å². The topological polar surface area (TPSA) is 29.5 Å². The predicted molar refractivity (Wildman–Crippen MR) is 32.8 cm³/mol. The van der Waals surface area contributed by atoms with Crippen LogP contribution in [0.3, 0.4) is 0 Å². The molecule has 52 valence electrons. The second-order valence-corrected chi connectivity index (χ2v) is 2.09. The number of aldehydes is 1. The molecule has 1 fully saturated rings. The van der Waals surface area contributed by atoms with Gasteiger partial charge in [0.2, 0.25) is 0 Å². The first-order valence-corrected chi connectivity index (χ1v) is 3.25. The molecule has 0 bridgehead atoms. The predicted octanol–water partition coefficient (Wildman–Crippen LogP) is 0.213. The first-order valence-electron chi connectivity index (χ1n) is 3.25. The molecule has 3 nitrogen and oxygen atoms in total. The third-order valence-corrected chi connectivity index (χ3v) is 1.35. The molecule has 1 aliphatic rings. The van der Waals surface area contributed by atoms with Crippen molar-refractivity contribution in [2.45, 2.75) is 12.8 Å². The van der Waals surface area contributed by atoms with E-state index in [2.05, 4.69) is 0 Å².